The first kappa shape index (κ1) is 44.9. The van der Waals surface area contributed by atoms with Crippen molar-refractivity contribution in [1.82, 2.24) is 0 Å². The average Bonchev–Trinajstić information content (AvgIpc) is 3.21. The summed E-state index contributed by atoms with van der Waals surface area (Å²) < 4.78 is 0. The van der Waals surface area contributed by atoms with Gasteiger partial charge in [0, 0.05) is 0 Å². The summed E-state index contributed by atoms with van der Waals surface area (Å²) in [6, 6.07) is 0. The molecule has 0 saturated heterocycles. The number of hydrogen-bond acceptors (Lipinski definition) is 0. The van der Waals surface area contributed by atoms with Crippen molar-refractivity contribution in [3.05, 3.63) is 0 Å². The molecule has 0 saturated carbocycles. The Kier molecular flexibility index (Phi) is 11.5. The van der Waals surface area contributed by atoms with Gasteiger partial charge in [-0.15, -0.1) is 49.2 Å². The highest BCUT2D eigenvalue weighted by molar-refractivity contribution is 6.77. The van der Waals surface area contributed by atoms with Crippen LogP contribution in [0.4, 0.5) is 0 Å². The maximum Gasteiger partial charge on any atom is 0.115 e. The van der Waals surface area contributed by atoms with Crippen molar-refractivity contribution in [3.63, 3.8) is 0 Å². The monoisotopic (exact) mass is 696 g/mol. The lowest BCUT2D eigenvalue weighted by atomic mass is 9.54. The average molecular weight is 692 g/mol. The minimum Gasteiger partial charge on any atom is -0.112 e. The molecule has 24 heteroatoms. The van der Waals surface area contributed by atoms with Crippen LogP contribution in [0.15, 0.2) is 0 Å². The summed E-state index contributed by atoms with van der Waals surface area (Å²) >= 11 is 0. The minimum absolute atomic E-state index is 0.00348. The lowest BCUT2D eigenvalue weighted by molar-refractivity contribution is 1.83. The summed E-state index contributed by atoms with van der Waals surface area (Å²) in [5.41, 5.74) is -3.17. The summed E-state index contributed by atoms with van der Waals surface area (Å²) in [6.45, 7) is 0. The molecule has 216 valence electrons. The summed E-state index contributed by atoms with van der Waals surface area (Å²) in [6.07, 6.45) is 0. The van der Waals surface area contributed by atoms with Gasteiger partial charge < -0.3 is 0 Å². The molecule has 0 heterocycles. The molecule has 7 rings (SSSR count). The second kappa shape index (κ2) is 15.3. The van der Waals surface area contributed by atoms with E-state index in [9.17, 15) is 0 Å². The zero-order valence-corrected chi connectivity index (χ0v) is 31.9. The fraction of sp³-hybridized carbons (Fsp3) is 0. The Balaban J connectivity index is 1.79. The Labute approximate surface area is 382 Å². The molecule has 0 bridgehead atoms. The van der Waals surface area contributed by atoms with Gasteiger partial charge in [-0.2, -0.15) is 0 Å². The maximum atomic E-state index is 7.02. The van der Waals surface area contributed by atoms with E-state index in [1.807, 2.05) is 0 Å². The summed E-state index contributed by atoms with van der Waals surface area (Å²) in [5.74, 6) is 0. The fourth-order valence-corrected chi connectivity index (χ4v) is 8.13. The highest BCUT2D eigenvalue weighted by atomic mass is 14.3. The van der Waals surface area contributed by atoms with Gasteiger partial charge in [0.25, 0.3) is 0 Å². The summed E-state index contributed by atoms with van der Waals surface area (Å²) in [5, 5.41) is 0.398. The van der Waals surface area contributed by atoms with Gasteiger partial charge in [-0.25, -0.2) is 0 Å². The molecule has 0 nitrogen and oxygen atoms in total. The van der Waals surface area contributed by atoms with Crippen molar-refractivity contribution in [2.24, 2.45) is 0 Å². The van der Waals surface area contributed by atoms with Crippen molar-refractivity contribution < 1.29 is 0 Å². The van der Waals surface area contributed by atoms with E-state index in [-0.39, 0.29) is 197 Å². The van der Waals surface area contributed by atoms with E-state index >= 15 is 0 Å². The maximum absolute atomic E-state index is 7.02. The Bertz CT molecular complexity index is 3050. The SMILES string of the molecule is [B]c1c([B])c([B])c(-c2c3c([B])c([B])c([B])c([B])c3c(-c3c([B])c([B])c(-c4c([B])c([B])c5c([B])c([B])c([B])c([B])c5c4[B])c([B])c3[B])c3c([B])c([B])c([B])c([B])c23)c([B])c1[B]. The van der Waals surface area contributed by atoms with Crippen LogP contribution in [0.25, 0.3) is 65.7 Å². The highest BCUT2D eigenvalue weighted by Crippen LogP contribution is 2.38. The molecule has 60 heavy (non-hydrogen) atoms. The third-order valence-electron chi connectivity index (χ3n) is 11.5. The fourth-order valence-electron chi connectivity index (χ4n) is 8.13. The first-order valence-corrected chi connectivity index (χ1v) is 17.4. The molecule has 0 unspecified atom stereocenters. The molecule has 0 spiro atoms. The molecule has 0 aromatic heterocycles. The van der Waals surface area contributed by atoms with Crippen molar-refractivity contribution in [1.29, 1.82) is 0 Å². The zero-order chi connectivity index (χ0) is 44.8. The van der Waals surface area contributed by atoms with Crippen molar-refractivity contribution >= 4 is 352 Å². The predicted octanol–water partition coefficient (Wildman–Crippen LogP) is -18.8. The van der Waals surface area contributed by atoms with Crippen molar-refractivity contribution in [3.8, 4) is 33.4 Å². The van der Waals surface area contributed by atoms with Gasteiger partial charge in [0.05, 0.1) is 0 Å². The number of rotatable bonds is 3. The van der Waals surface area contributed by atoms with Crippen LogP contribution in [0.5, 0.6) is 0 Å². The molecule has 7 aromatic carbocycles. The van der Waals surface area contributed by atoms with Gasteiger partial charge in [0.2, 0.25) is 0 Å². The van der Waals surface area contributed by atoms with Gasteiger partial charge in [-0.1, -0.05) is 81.9 Å². The first-order valence-electron chi connectivity index (χ1n) is 17.4. The molecule has 0 N–H and O–H groups in total. The Morgan fingerprint density at radius 3 is 0.517 bits per heavy atom. The lowest BCUT2D eigenvalue weighted by Crippen LogP contribution is -2.55. The van der Waals surface area contributed by atoms with Crippen LogP contribution in [0.3, 0.4) is 0 Å². The van der Waals surface area contributed by atoms with Gasteiger partial charge in [-0.05, 0) is 65.7 Å². The lowest BCUT2D eigenvalue weighted by Gasteiger charge is -2.33. The van der Waals surface area contributed by atoms with E-state index in [0.717, 1.165) is 0 Å². The second-order valence-electron chi connectivity index (χ2n) is 14.4. The largest absolute Gasteiger partial charge is 0.115 e. The molecular weight excluding hydrogens is 692 g/mol. The van der Waals surface area contributed by atoms with Gasteiger partial charge >= 0.3 is 0 Å². The zero-order valence-electron chi connectivity index (χ0n) is 31.9. The standard InChI is InChI=1S/C36B24/c37-13-9(20(44)23(47)12-10(13)26(50)32(56)33(57)27(12)51)11-21(45)18(42)7(19(43)22(11)46)1-3-5(16(40)30(54)28(52)14(3)38)2(6-4(1)15(39)29(53)31(55)17(6)41)8-24(48)34(58)36(60)35(59)25(8)49. The van der Waals surface area contributed by atoms with Gasteiger partial charge in [0.1, 0.15) is 188 Å². The first-order chi connectivity index (χ1) is 27.9. The molecule has 0 aliphatic rings. The number of benzene rings is 7. The Hall–Kier alpha value is -3.12. The highest BCUT2D eigenvalue weighted by Gasteiger charge is 2.29. The minimum atomic E-state index is -0.226. The third kappa shape index (κ3) is 5.86. The van der Waals surface area contributed by atoms with Crippen LogP contribution in [0.2, 0.25) is 0 Å². The third-order valence-corrected chi connectivity index (χ3v) is 11.5. The molecule has 48 radical (unpaired) electrons. The van der Waals surface area contributed by atoms with Crippen LogP contribution in [0, 0.1) is 0 Å². The quantitative estimate of drug-likeness (QED) is 0.128. The van der Waals surface area contributed by atoms with E-state index in [1.165, 1.54) is 0 Å². The number of fused-ring (bicyclic) bond motifs is 3. The van der Waals surface area contributed by atoms with E-state index in [2.05, 4.69) is 0 Å². The van der Waals surface area contributed by atoms with E-state index in [1.54, 1.807) is 0 Å². The predicted molar refractivity (Wildman–Crippen MR) is 285 cm³/mol. The second-order valence-corrected chi connectivity index (χ2v) is 14.4. The van der Waals surface area contributed by atoms with E-state index < -0.39 is 0 Å². The topological polar surface area (TPSA) is 0 Å². The van der Waals surface area contributed by atoms with Crippen LogP contribution in [-0.4, -0.2) is 188 Å². The molecule has 0 amide bonds. The van der Waals surface area contributed by atoms with Crippen LogP contribution in [-0.2, 0) is 0 Å². The molecular formula is C36B24. The summed E-state index contributed by atoms with van der Waals surface area (Å²) in [4.78, 5) is 0. The smallest absolute Gasteiger partial charge is 0.112 e. The molecule has 0 aliphatic carbocycles. The molecule has 7 aromatic rings. The van der Waals surface area contributed by atoms with E-state index in [4.69, 9.17) is 188 Å². The molecule has 0 fully saturated rings. The Morgan fingerprint density at radius 2 is 0.233 bits per heavy atom. The van der Waals surface area contributed by atoms with Crippen LogP contribution >= 0.6 is 0 Å². The van der Waals surface area contributed by atoms with Crippen molar-refractivity contribution in [2.75, 3.05) is 0 Å². The van der Waals surface area contributed by atoms with E-state index in [0.29, 0.717) is 0 Å². The molecule has 0 atom stereocenters. The van der Waals surface area contributed by atoms with Crippen LogP contribution in [0.1, 0.15) is 0 Å². The van der Waals surface area contributed by atoms with Crippen molar-refractivity contribution in [2.45, 2.75) is 0 Å². The molecule has 0 aliphatic heterocycles. The summed E-state index contributed by atoms with van der Waals surface area (Å²) in [7, 11) is 159. The van der Waals surface area contributed by atoms with Crippen LogP contribution < -0.4 is 131 Å². The van der Waals surface area contributed by atoms with Gasteiger partial charge in [0.15, 0.2) is 0 Å². The normalized spacial score (nSPS) is 11.6. The van der Waals surface area contributed by atoms with Gasteiger partial charge in [-0.3, -0.25) is 0 Å². The Morgan fingerprint density at radius 1 is 0.100 bits per heavy atom. The number of hydrogen-bond donors (Lipinski definition) is 0.